The van der Waals surface area contributed by atoms with Crippen molar-refractivity contribution >= 4 is 0 Å². The zero-order valence-corrected chi connectivity index (χ0v) is 14.5. The van der Waals surface area contributed by atoms with Crippen LogP contribution < -0.4 is 5.73 Å². The molecule has 0 amide bonds. The quantitative estimate of drug-likeness (QED) is 0.790. The molecule has 0 spiro atoms. The van der Waals surface area contributed by atoms with E-state index in [0.717, 1.165) is 12.1 Å². The van der Waals surface area contributed by atoms with E-state index in [9.17, 15) is 27.1 Å². The number of rotatable bonds is 4. The first-order valence-corrected chi connectivity index (χ1v) is 7.82. The van der Waals surface area contributed by atoms with Gasteiger partial charge in [0, 0.05) is 17.7 Å². The van der Waals surface area contributed by atoms with Crippen molar-refractivity contribution in [3.63, 3.8) is 0 Å². The Labute approximate surface area is 147 Å². The van der Waals surface area contributed by atoms with Crippen LogP contribution in [0.25, 0.3) is 11.3 Å². The molecule has 0 saturated heterocycles. The fourth-order valence-electron chi connectivity index (χ4n) is 2.58. The zero-order chi connectivity index (χ0) is 19.9. The maximum Gasteiger partial charge on any atom is 0.398 e. The minimum atomic E-state index is -4.69. The molecule has 26 heavy (non-hydrogen) atoms. The minimum Gasteiger partial charge on any atom is -0.386 e. The molecule has 0 fully saturated rings. The molecule has 0 aliphatic rings. The van der Waals surface area contributed by atoms with Gasteiger partial charge >= 0.3 is 6.18 Å². The smallest absolute Gasteiger partial charge is 0.386 e. The minimum absolute atomic E-state index is 0.103. The fourth-order valence-corrected chi connectivity index (χ4v) is 2.58. The Kier molecular flexibility index (Phi) is 5.39. The Morgan fingerprint density at radius 3 is 2.23 bits per heavy atom. The molecule has 8 heteroatoms. The van der Waals surface area contributed by atoms with Crippen molar-refractivity contribution in [2.75, 3.05) is 6.54 Å². The highest BCUT2D eigenvalue weighted by molar-refractivity contribution is 5.62. The van der Waals surface area contributed by atoms with Gasteiger partial charge in [0.15, 0.2) is 5.82 Å². The lowest BCUT2D eigenvalue weighted by atomic mass is 9.92. The number of nitrogens with zero attached hydrogens (tertiary/aromatic N) is 1. The van der Waals surface area contributed by atoms with E-state index in [4.69, 9.17) is 5.73 Å². The number of hydrogen-bond acceptors (Lipinski definition) is 3. The van der Waals surface area contributed by atoms with Crippen LogP contribution in [0.2, 0.25) is 0 Å². The largest absolute Gasteiger partial charge is 0.398 e. The van der Waals surface area contributed by atoms with Crippen molar-refractivity contribution in [1.82, 2.24) is 4.98 Å². The number of hydrogen-bond donors (Lipinski definition) is 2. The van der Waals surface area contributed by atoms with Gasteiger partial charge in [-0.2, -0.15) is 13.2 Å². The van der Waals surface area contributed by atoms with E-state index in [-0.39, 0.29) is 16.7 Å². The fraction of sp³-hybridized carbons (Fsp3) is 0.389. The Morgan fingerprint density at radius 2 is 1.77 bits per heavy atom. The summed E-state index contributed by atoms with van der Waals surface area (Å²) in [6, 6.07) is 4.45. The summed E-state index contributed by atoms with van der Waals surface area (Å²) in [7, 11) is 0. The van der Waals surface area contributed by atoms with Crippen LogP contribution in [0.4, 0.5) is 22.0 Å². The van der Waals surface area contributed by atoms with Crippen LogP contribution in [0, 0.1) is 18.6 Å². The highest BCUT2D eigenvalue weighted by atomic mass is 19.4. The second-order valence-corrected chi connectivity index (χ2v) is 6.61. The summed E-state index contributed by atoms with van der Waals surface area (Å²) in [4.78, 5) is 3.82. The summed E-state index contributed by atoms with van der Waals surface area (Å²) in [5, 5.41) is 10.2. The van der Waals surface area contributed by atoms with Gasteiger partial charge in [0.2, 0.25) is 0 Å². The standard InChI is InChI=1S/C18H19F5N2O/c1-9-6-10(4-5-13(9)19)16-15(20)11(17(2,3)26)7-14(25-16)12(8-24)18(21,22)23/h4-7,12,26H,8,24H2,1-3H3/t12-/m1/s1. The maximum absolute atomic E-state index is 14.9. The first-order chi connectivity index (χ1) is 11.9. The molecule has 0 aliphatic heterocycles. The number of pyridine rings is 1. The third kappa shape index (κ3) is 4.02. The number of alkyl halides is 3. The molecule has 0 saturated carbocycles. The molecular formula is C18H19F5N2O. The van der Waals surface area contributed by atoms with Crippen LogP contribution in [0.1, 0.15) is 36.6 Å². The van der Waals surface area contributed by atoms with Gasteiger partial charge in [-0.25, -0.2) is 13.8 Å². The van der Waals surface area contributed by atoms with E-state index in [1.165, 1.54) is 32.9 Å². The Hall–Kier alpha value is -2.06. The number of halogens is 5. The molecule has 3 nitrogen and oxygen atoms in total. The van der Waals surface area contributed by atoms with Gasteiger partial charge in [0.1, 0.15) is 17.4 Å². The number of benzene rings is 1. The Morgan fingerprint density at radius 1 is 1.15 bits per heavy atom. The van der Waals surface area contributed by atoms with Gasteiger partial charge in [-0.1, -0.05) is 0 Å². The van der Waals surface area contributed by atoms with Crippen molar-refractivity contribution in [2.45, 2.75) is 38.5 Å². The molecule has 0 radical (unpaired) electrons. The highest BCUT2D eigenvalue weighted by Crippen LogP contribution is 2.37. The molecule has 0 unspecified atom stereocenters. The van der Waals surface area contributed by atoms with Crippen molar-refractivity contribution in [3.05, 3.63) is 52.7 Å². The van der Waals surface area contributed by atoms with Gasteiger partial charge in [0.05, 0.1) is 11.3 Å². The first kappa shape index (κ1) is 20.3. The predicted molar refractivity (Wildman–Crippen MR) is 87.4 cm³/mol. The molecule has 2 aromatic rings. The lowest BCUT2D eigenvalue weighted by Gasteiger charge is -2.24. The van der Waals surface area contributed by atoms with Gasteiger partial charge in [-0.05, 0) is 50.6 Å². The average Bonchev–Trinajstić information content (AvgIpc) is 2.49. The third-order valence-corrected chi connectivity index (χ3v) is 4.06. The summed E-state index contributed by atoms with van der Waals surface area (Å²) in [6.45, 7) is 3.16. The van der Waals surface area contributed by atoms with Gasteiger partial charge in [0.25, 0.3) is 0 Å². The molecule has 142 valence electrons. The number of nitrogens with two attached hydrogens (primary N) is 1. The van der Waals surface area contributed by atoms with E-state index in [0.29, 0.717) is 0 Å². The predicted octanol–water partition coefficient (Wildman–Crippen LogP) is 4.17. The van der Waals surface area contributed by atoms with Crippen molar-refractivity contribution in [2.24, 2.45) is 5.73 Å². The maximum atomic E-state index is 14.9. The summed E-state index contributed by atoms with van der Waals surface area (Å²) < 4.78 is 68.2. The first-order valence-electron chi connectivity index (χ1n) is 7.82. The summed E-state index contributed by atoms with van der Waals surface area (Å²) >= 11 is 0. The van der Waals surface area contributed by atoms with Gasteiger partial charge < -0.3 is 10.8 Å². The van der Waals surface area contributed by atoms with Crippen molar-refractivity contribution in [1.29, 1.82) is 0 Å². The number of aromatic nitrogens is 1. The molecule has 1 atom stereocenters. The van der Waals surface area contributed by atoms with Crippen LogP contribution in [0.5, 0.6) is 0 Å². The molecule has 0 aliphatic carbocycles. The normalized spacial score (nSPS) is 13.8. The van der Waals surface area contributed by atoms with Crippen molar-refractivity contribution < 1.29 is 27.1 Å². The molecule has 3 N–H and O–H groups in total. The van der Waals surface area contributed by atoms with E-state index in [1.807, 2.05) is 0 Å². The van der Waals surface area contributed by atoms with Crippen LogP contribution in [-0.2, 0) is 5.60 Å². The lowest BCUT2D eigenvalue weighted by Crippen LogP contribution is -2.30. The van der Waals surface area contributed by atoms with Crippen LogP contribution in [0.3, 0.4) is 0 Å². The average molecular weight is 374 g/mol. The summed E-state index contributed by atoms with van der Waals surface area (Å²) in [5.41, 5.74) is 2.54. The Bertz CT molecular complexity index is 812. The molecule has 1 heterocycles. The van der Waals surface area contributed by atoms with Crippen LogP contribution >= 0.6 is 0 Å². The summed E-state index contributed by atoms with van der Waals surface area (Å²) in [5.74, 6) is -3.63. The van der Waals surface area contributed by atoms with Gasteiger partial charge in [-0.15, -0.1) is 0 Å². The van der Waals surface area contributed by atoms with E-state index >= 15 is 0 Å². The Balaban J connectivity index is 2.78. The third-order valence-electron chi connectivity index (χ3n) is 4.06. The SMILES string of the molecule is Cc1cc(-c2nc([C@@H](CN)C(F)(F)F)cc(C(C)(C)O)c2F)ccc1F. The summed E-state index contributed by atoms with van der Waals surface area (Å²) in [6.07, 6.45) is -4.69. The topological polar surface area (TPSA) is 59.1 Å². The second-order valence-electron chi connectivity index (χ2n) is 6.61. The molecule has 1 aromatic carbocycles. The number of aryl methyl sites for hydroxylation is 1. The van der Waals surface area contributed by atoms with E-state index in [1.54, 1.807) is 0 Å². The number of aliphatic hydroxyl groups is 1. The van der Waals surface area contributed by atoms with Gasteiger partial charge in [-0.3, -0.25) is 0 Å². The molecule has 0 bridgehead atoms. The monoisotopic (exact) mass is 374 g/mol. The lowest BCUT2D eigenvalue weighted by molar-refractivity contribution is -0.148. The molecular weight excluding hydrogens is 355 g/mol. The molecule has 2 rings (SSSR count). The zero-order valence-electron chi connectivity index (χ0n) is 14.5. The van der Waals surface area contributed by atoms with Crippen LogP contribution in [0.15, 0.2) is 24.3 Å². The molecule has 1 aromatic heterocycles. The van der Waals surface area contributed by atoms with E-state index < -0.39 is 47.3 Å². The second kappa shape index (κ2) is 6.92. The van der Waals surface area contributed by atoms with E-state index in [2.05, 4.69) is 4.98 Å². The highest BCUT2D eigenvalue weighted by Gasteiger charge is 2.42. The van der Waals surface area contributed by atoms with Crippen molar-refractivity contribution in [3.8, 4) is 11.3 Å². The van der Waals surface area contributed by atoms with Crippen LogP contribution in [-0.4, -0.2) is 22.8 Å².